The van der Waals surface area contributed by atoms with E-state index in [0.717, 1.165) is 12.5 Å². The van der Waals surface area contributed by atoms with Gasteiger partial charge in [0, 0.05) is 12.6 Å². The maximum Gasteiger partial charge on any atom is 0.0474 e. The molecule has 1 heterocycles. The second-order valence-corrected chi connectivity index (χ2v) is 5.10. The highest BCUT2D eigenvalue weighted by atomic mass is 16.3. The molecule has 1 saturated heterocycles. The zero-order valence-corrected chi connectivity index (χ0v) is 9.54. The number of hydrogen-bond acceptors (Lipinski definition) is 3. The van der Waals surface area contributed by atoms with E-state index in [0.29, 0.717) is 18.6 Å². The van der Waals surface area contributed by atoms with Crippen LogP contribution in [0.15, 0.2) is 0 Å². The van der Waals surface area contributed by atoms with Gasteiger partial charge in [0.05, 0.1) is 0 Å². The van der Waals surface area contributed by atoms with Gasteiger partial charge >= 0.3 is 0 Å². The third-order valence-electron chi connectivity index (χ3n) is 3.96. The Hall–Kier alpha value is -0.120. The second-order valence-electron chi connectivity index (χ2n) is 5.10. The minimum atomic E-state index is 0.362. The largest absolute Gasteiger partial charge is 0.396 e. The first kappa shape index (κ1) is 11.4. The van der Waals surface area contributed by atoms with Crippen LogP contribution in [0.4, 0.5) is 0 Å². The summed E-state index contributed by atoms with van der Waals surface area (Å²) in [4.78, 5) is 0. The number of aliphatic hydroxyl groups is 1. The SMILES string of the molecule is OCC1CCCC1NCC1CCCNC1. The van der Waals surface area contributed by atoms with Crippen LogP contribution in [0.1, 0.15) is 32.1 Å². The number of nitrogens with one attached hydrogen (secondary N) is 2. The van der Waals surface area contributed by atoms with E-state index in [9.17, 15) is 5.11 Å². The predicted molar refractivity (Wildman–Crippen MR) is 61.8 cm³/mol. The van der Waals surface area contributed by atoms with E-state index in [1.807, 2.05) is 0 Å². The minimum Gasteiger partial charge on any atom is -0.396 e. The molecule has 0 amide bonds. The summed E-state index contributed by atoms with van der Waals surface area (Å²) in [7, 11) is 0. The molecule has 2 aliphatic rings. The van der Waals surface area contributed by atoms with Crippen LogP contribution in [0.2, 0.25) is 0 Å². The molecule has 1 aliphatic heterocycles. The molecule has 0 radical (unpaired) electrons. The van der Waals surface area contributed by atoms with E-state index in [4.69, 9.17) is 0 Å². The number of hydrogen-bond donors (Lipinski definition) is 3. The molecule has 3 unspecified atom stereocenters. The summed E-state index contributed by atoms with van der Waals surface area (Å²) in [5.41, 5.74) is 0. The first-order chi connectivity index (χ1) is 7.40. The van der Waals surface area contributed by atoms with Gasteiger partial charge in [-0.25, -0.2) is 0 Å². The van der Waals surface area contributed by atoms with E-state index in [-0.39, 0.29) is 0 Å². The van der Waals surface area contributed by atoms with Crippen molar-refractivity contribution >= 4 is 0 Å². The molecule has 2 rings (SSSR count). The average Bonchev–Trinajstić information content (AvgIpc) is 2.75. The Morgan fingerprint density at radius 3 is 2.87 bits per heavy atom. The van der Waals surface area contributed by atoms with Crippen LogP contribution in [-0.4, -0.2) is 37.4 Å². The zero-order valence-electron chi connectivity index (χ0n) is 9.54. The van der Waals surface area contributed by atoms with Crippen molar-refractivity contribution in [3.8, 4) is 0 Å². The fourth-order valence-electron chi connectivity index (χ4n) is 2.94. The van der Waals surface area contributed by atoms with Crippen molar-refractivity contribution in [3.05, 3.63) is 0 Å². The van der Waals surface area contributed by atoms with Crippen LogP contribution in [-0.2, 0) is 0 Å². The van der Waals surface area contributed by atoms with Gasteiger partial charge in [-0.05, 0) is 57.2 Å². The number of rotatable bonds is 4. The van der Waals surface area contributed by atoms with E-state index < -0.39 is 0 Å². The van der Waals surface area contributed by atoms with Crippen LogP contribution in [0.5, 0.6) is 0 Å². The summed E-state index contributed by atoms with van der Waals surface area (Å²) in [6.45, 7) is 3.86. The topological polar surface area (TPSA) is 44.3 Å². The van der Waals surface area contributed by atoms with E-state index in [1.54, 1.807) is 0 Å². The number of piperidine rings is 1. The summed E-state index contributed by atoms with van der Waals surface area (Å²) in [5.74, 6) is 1.32. The molecule has 0 aromatic carbocycles. The summed E-state index contributed by atoms with van der Waals surface area (Å²) < 4.78 is 0. The Kier molecular flexibility index (Phi) is 4.42. The van der Waals surface area contributed by atoms with E-state index >= 15 is 0 Å². The van der Waals surface area contributed by atoms with Gasteiger partial charge < -0.3 is 15.7 Å². The van der Waals surface area contributed by atoms with Gasteiger partial charge in [0.1, 0.15) is 0 Å². The molecule has 0 spiro atoms. The highest BCUT2D eigenvalue weighted by molar-refractivity contribution is 4.84. The van der Waals surface area contributed by atoms with Gasteiger partial charge in [-0.15, -0.1) is 0 Å². The standard InChI is InChI=1S/C12H24N2O/c15-9-11-4-1-5-12(11)14-8-10-3-2-6-13-7-10/h10-15H,1-9H2. The molecule has 88 valence electrons. The fraction of sp³-hybridized carbons (Fsp3) is 1.00. The molecule has 15 heavy (non-hydrogen) atoms. The smallest absolute Gasteiger partial charge is 0.0474 e. The van der Waals surface area contributed by atoms with Gasteiger partial charge in [-0.2, -0.15) is 0 Å². The first-order valence-electron chi connectivity index (χ1n) is 6.45. The van der Waals surface area contributed by atoms with Crippen LogP contribution >= 0.6 is 0 Å². The van der Waals surface area contributed by atoms with Gasteiger partial charge in [-0.3, -0.25) is 0 Å². The number of aliphatic hydroxyl groups excluding tert-OH is 1. The van der Waals surface area contributed by atoms with Gasteiger partial charge in [0.25, 0.3) is 0 Å². The molecule has 2 fully saturated rings. The van der Waals surface area contributed by atoms with Crippen molar-refractivity contribution < 1.29 is 5.11 Å². The van der Waals surface area contributed by atoms with Crippen LogP contribution in [0, 0.1) is 11.8 Å². The van der Waals surface area contributed by atoms with Crippen LogP contribution in [0.25, 0.3) is 0 Å². The molecule has 3 N–H and O–H groups in total. The Morgan fingerprint density at radius 2 is 2.13 bits per heavy atom. The van der Waals surface area contributed by atoms with Gasteiger partial charge in [0.15, 0.2) is 0 Å². The van der Waals surface area contributed by atoms with Crippen molar-refractivity contribution in [2.45, 2.75) is 38.1 Å². The summed E-state index contributed by atoms with van der Waals surface area (Å²) in [6.07, 6.45) is 6.42. The van der Waals surface area contributed by atoms with Crippen molar-refractivity contribution in [2.24, 2.45) is 11.8 Å². The molecule has 1 saturated carbocycles. The van der Waals surface area contributed by atoms with Crippen LogP contribution in [0.3, 0.4) is 0 Å². The molecule has 1 aliphatic carbocycles. The molecule has 0 bridgehead atoms. The van der Waals surface area contributed by atoms with Crippen LogP contribution < -0.4 is 10.6 Å². The molecular weight excluding hydrogens is 188 g/mol. The van der Waals surface area contributed by atoms with Crippen molar-refractivity contribution in [2.75, 3.05) is 26.2 Å². The summed E-state index contributed by atoms with van der Waals surface area (Å²) in [6, 6.07) is 0.580. The Labute approximate surface area is 92.6 Å². The Balaban J connectivity index is 1.67. The fourth-order valence-corrected chi connectivity index (χ4v) is 2.94. The van der Waals surface area contributed by atoms with Crippen molar-refractivity contribution in [1.82, 2.24) is 10.6 Å². The summed E-state index contributed by atoms with van der Waals surface area (Å²) >= 11 is 0. The lowest BCUT2D eigenvalue weighted by molar-refractivity contribution is 0.200. The molecule has 3 atom stereocenters. The Morgan fingerprint density at radius 1 is 1.20 bits per heavy atom. The zero-order chi connectivity index (χ0) is 10.5. The van der Waals surface area contributed by atoms with Crippen molar-refractivity contribution in [1.29, 1.82) is 0 Å². The lowest BCUT2D eigenvalue weighted by Crippen LogP contribution is -2.41. The summed E-state index contributed by atoms with van der Waals surface area (Å²) in [5, 5.41) is 16.3. The quantitative estimate of drug-likeness (QED) is 0.644. The third kappa shape index (κ3) is 3.16. The maximum atomic E-state index is 9.22. The van der Waals surface area contributed by atoms with E-state index in [2.05, 4.69) is 10.6 Å². The van der Waals surface area contributed by atoms with Crippen molar-refractivity contribution in [3.63, 3.8) is 0 Å². The van der Waals surface area contributed by atoms with E-state index in [1.165, 1.54) is 45.2 Å². The third-order valence-corrected chi connectivity index (χ3v) is 3.96. The average molecular weight is 212 g/mol. The monoisotopic (exact) mass is 212 g/mol. The highest BCUT2D eigenvalue weighted by Gasteiger charge is 2.26. The predicted octanol–water partition coefficient (Wildman–Crippen LogP) is 0.737. The molecule has 3 heteroatoms. The normalized spacial score (nSPS) is 37.0. The maximum absolute atomic E-state index is 9.22. The molecular formula is C12H24N2O. The lowest BCUT2D eigenvalue weighted by atomic mass is 9.98. The second kappa shape index (κ2) is 5.83. The Bertz CT molecular complexity index is 180. The lowest BCUT2D eigenvalue weighted by Gasteiger charge is -2.26. The first-order valence-corrected chi connectivity index (χ1v) is 6.45. The minimum absolute atomic E-state index is 0.362. The molecule has 0 aromatic heterocycles. The van der Waals surface area contributed by atoms with Gasteiger partial charge in [0.2, 0.25) is 0 Å². The molecule has 0 aromatic rings. The van der Waals surface area contributed by atoms with Gasteiger partial charge in [-0.1, -0.05) is 6.42 Å². The highest BCUT2D eigenvalue weighted by Crippen LogP contribution is 2.25. The molecule has 3 nitrogen and oxygen atoms in total.